The Kier molecular flexibility index (Phi) is 8.80. The van der Waals surface area contributed by atoms with Gasteiger partial charge in [-0.15, -0.1) is 0 Å². The van der Waals surface area contributed by atoms with Gasteiger partial charge in [-0.05, 0) is 37.1 Å². The second-order valence-electron chi connectivity index (χ2n) is 6.34. The summed E-state index contributed by atoms with van der Waals surface area (Å²) in [7, 11) is 0. The third-order valence-corrected chi connectivity index (χ3v) is 4.95. The molecule has 5 nitrogen and oxygen atoms in total. The number of ether oxygens (including phenoxy) is 1. The van der Waals surface area contributed by atoms with E-state index >= 15 is 0 Å². The molecule has 0 fully saturated rings. The molecule has 0 aromatic heterocycles. The van der Waals surface area contributed by atoms with Crippen molar-refractivity contribution < 1.29 is 14.3 Å². The van der Waals surface area contributed by atoms with Crippen LogP contribution in [0.15, 0.2) is 53.0 Å². The van der Waals surface area contributed by atoms with Crippen LogP contribution in [-0.4, -0.2) is 35.9 Å². The van der Waals surface area contributed by atoms with Crippen LogP contribution in [0.2, 0.25) is 5.02 Å². The zero-order chi connectivity index (χ0) is 20.5. The smallest absolute Gasteiger partial charge is 0.261 e. The van der Waals surface area contributed by atoms with E-state index in [0.29, 0.717) is 23.9 Å². The maximum absolute atomic E-state index is 12.9. The van der Waals surface area contributed by atoms with E-state index in [1.54, 1.807) is 25.1 Å². The van der Waals surface area contributed by atoms with Crippen molar-refractivity contribution in [3.63, 3.8) is 0 Å². The molecule has 2 aromatic carbocycles. The number of nitrogens with one attached hydrogen (secondary N) is 1. The molecule has 1 atom stereocenters. The number of carbonyl (C=O) groups excluding carboxylic acids is 2. The van der Waals surface area contributed by atoms with Gasteiger partial charge in [0.15, 0.2) is 6.61 Å². The second-order valence-corrected chi connectivity index (χ2v) is 7.66. The molecule has 0 aliphatic heterocycles. The Morgan fingerprint density at radius 2 is 1.93 bits per heavy atom. The molecule has 0 saturated heterocycles. The Morgan fingerprint density at radius 1 is 1.21 bits per heavy atom. The Hall–Kier alpha value is -2.05. The van der Waals surface area contributed by atoms with Crippen LogP contribution < -0.4 is 10.1 Å². The maximum Gasteiger partial charge on any atom is 0.261 e. The van der Waals surface area contributed by atoms with Crippen molar-refractivity contribution in [3.05, 3.63) is 63.6 Å². The summed E-state index contributed by atoms with van der Waals surface area (Å²) in [5.41, 5.74) is 0.938. The van der Waals surface area contributed by atoms with Crippen molar-refractivity contribution in [2.24, 2.45) is 0 Å². The summed E-state index contributed by atoms with van der Waals surface area (Å²) >= 11 is 9.48. The molecule has 0 saturated carbocycles. The lowest BCUT2D eigenvalue weighted by Crippen LogP contribution is -2.49. The molecular weight excluding hydrogens is 444 g/mol. The van der Waals surface area contributed by atoms with Gasteiger partial charge in [-0.3, -0.25) is 9.59 Å². The Balaban J connectivity index is 2.12. The van der Waals surface area contributed by atoms with Crippen LogP contribution in [-0.2, 0) is 16.1 Å². The van der Waals surface area contributed by atoms with Gasteiger partial charge in [0.2, 0.25) is 5.91 Å². The molecule has 2 aromatic rings. The molecular formula is C21H24BrClN2O3. The monoisotopic (exact) mass is 466 g/mol. The molecule has 2 rings (SSSR count). The third-order valence-electron chi connectivity index (χ3n) is 4.16. The highest BCUT2D eigenvalue weighted by atomic mass is 79.9. The zero-order valence-electron chi connectivity index (χ0n) is 16.0. The van der Waals surface area contributed by atoms with Gasteiger partial charge in [-0.1, -0.05) is 64.8 Å². The van der Waals surface area contributed by atoms with Crippen molar-refractivity contribution in [3.8, 4) is 5.75 Å². The highest BCUT2D eigenvalue weighted by Gasteiger charge is 2.26. The first-order valence-electron chi connectivity index (χ1n) is 9.11. The van der Waals surface area contributed by atoms with Crippen LogP contribution in [0.5, 0.6) is 5.75 Å². The molecule has 0 aliphatic rings. The van der Waals surface area contributed by atoms with Gasteiger partial charge < -0.3 is 15.0 Å². The number of rotatable bonds is 9. The van der Waals surface area contributed by atoms with Gasteiger partial charge in [0.1, 0.15) is 11.8 Å². The molecule has 0 heterocycles. The minimum Gasteiger partial charge on any atom is -0.482 e. The van der Waals surface area contributed by atoms with Gasteiger partial charge in [-0.2, -0.15) is 0 Å². The minimum atomic E-state index is -0.622. The fourth-order valence-corrected chi connectivity index (χ4v) is 3.30. The number of benzene rings is 2. The van der Waals surface area contributed by atoms with Crippen molar-refractivity contribution in [1.29, 1.82) is 0 Å². The van der Waals surface area contributed by atoms with E-state index < -0.39 is 6.04 Å². The van der Waals surface area contributed by atoms with Gasteiger partial charge in [0.25, 0.3) is 5.91 Å². The van der Waals surface area contributed by atoms with Gasteiger partial charge in [0.05, 0.1) is 5.02 Å². The number of halogens is 2. The minimum absolute atomic E-state index is 0.187. The second kappa shape index (κ2) is 11.1. The maximum atomic E-state index is 12.9. The molecule has 0 unspecified atom stereocenters. The predicted molar refractivity (Wildman–Crippen MR) is 114 cm³/mol. The van der Waals surface area contributed by atoms with E-state index in [-0.39, 0.29) is 18.4 Å². The molecule has 0 spiro atoms. The van der Waals surface area contributed by atoms with Crippen molar-refractivity contribution in [2.75, 3.05) is 13.2 Å². The summed E-state index contributed by atoms with van der Waals surface area (Å²) < 4.78 is 6.43. The number of hydrogen-bond donors (Lipinski definition) is 1. The van der Waals surface area contributed by atoms with Gasteiger partial charge >= 0.3 is 0 Å². The van der Waals surface area contributed by atoms with E-state index in [4.69, 9.17) is 16.3 Å². The molecule has 1 N–H and O–H groups in total. The van der Waals surface area contributed by atoms with Crippen LogP contribution in [0.4, 0.5) is 0 Å². The van der Waals surface area contributed by atoms with Crippen LogP contribution in [0, 0.1) is 0 Å². The number of amides is 2. The summed E-state index contributed by atoms with van der Waals surface area (Å²) in [4.78, 5) is 26.8. The van der Waals surface area contributed by atoms with Gasteiger partial charge in [0, 0.05) is 17.6 Å². The van der Waals surface area contributed by atoms with Crippen molar-refractivity contribution >= 4 is 39.3 Å². The standard InChI is InChI=1S/C21H24BrClN2O3/c1-3-11-24-21(27)15(2)25(13-16-7-5-4-6-8-16)20(26)14-28-19-10-9-17(22)12-18(19)23/h4-10,12,15H,3,11,13-14H2,1-2H3,(H,24,27)/t15-/m0/s1. The fourth-order valence-electron chi connectivity index (χ4n) is 2.57. The first kappa shape index (κ1) is 22.2. The number of carbonyl (C=O) groups is 2. The van der Waals surface area contributed by atoms with E-state index in [1.807, 2.05) is 37.3 Å². The largest absolute Gasteiger partial charge is 0.482 e. The number of nitrogens with zero attached hydrogens (tertiary/aromatic N) is 1. The predicted octanol–water partition coefficient (Wildman–Crippen LogP) is 4.42. The molecule has 7 heteroatoms. The van der Waals surface area contributed by atoms with Crippen LogP contribution in [0.1, 0.15) is 25.8 Å². The highest BCUT2D eigenvalue weighted by Crippen LogP contribution is 2.27. The lowest BCUT2D eigenvalue weighted by molar-refractivity contribution is -0.142. The average molecular weight is 468 g/mol. The molecule has 150 valence electrons. The summed E-state index contributed by atoms with van der Waals surface area (Å²) in [6.07, 6.45) is 0.830. The normalized spacial score (nSPS) is 11.6. The zero-order valence-corrected chi connectivity index (χ0v) is 18.3. The number of hydrogen-bond acceptors (Lipinski definition) is 3. The van der Waals surface area contributed by atoms with E-state index in [2.05, 4.69) is 21.2 Å². The summed E-state index contributed by atoms with van der Waals surface area (Å²) in [6, 6.07) is 14.1. The fraction of sp³-hybridized carbons (Fsp3) is 0.333. The molecule has 28 heavy (non-hydrogen) atoms. The van der Waals surface area contributed by atoms with Gasteiger partial charge in [-0.25, -0.2) is 0 Å². The molecule has 0 aliphatic carbocycles. The Labute approximate surface area is 179 Å². The highest BCUT2D eigenvalue weighted by molar-refractivity contribution is 9.10. The van der Waals surface area contributed by atoms with Crippen molar-refractivity contribution in [2.45, 2.75) is 32.9 Å². The van der Waals surface area contributed by atoms with Crippen LogP contribution >= 0.6 is 27.5 Å². The lowest BCUT2D eigenvalue weighted by Gasteiger charge is -2.28. The van der Waals surface area contributed by atoms with Crippen molar-refractivity contribution in [1.82, 2.24) is 10.2 Å². The first-order chi connectivity index (χ1) is 13.4. The first-order valence-corrected chi connectivity index (χ1v) is 10.3. The SMILES string of the molecule is CCCNC(=O)[C@H](C)N(Cc1ccccc1)C(=O)COc1ccc(Br)cc1Cl. The van der Waals surface area contributed by atoms with Crippen LogP contribution in [0.25, 0.3) is 0 Å². The summed E-state index contributed by atoms with van der Waals surface area (Å²) in [5, 5.41) is 3.25. The molecule has 2 amide bonds. The Morgan fingerprint density at radius 3 is 2.57 bits per heavy atom. The topological polar surface area (TPSA) is 58.6 Å². The quantitative estimate of drug-likeness (QED) is 0.594. The van der Waals surface area contributed by atoms with E-state index in [0.717, 1.165) is 16.5 Å². The van der Waals surface area contributed by atoms with Crippen LogP contribution in [0.3, 0.4) is 0 Å². The Bertz CT molecular complexity index is 801. The van der Waals surface area contributed by atoms with E-state index in [9.17, 15) is 9.59 Å². The molecule has 0 radical (unpaired) electrons. The van der Waals surface area contributed by atoms with E-state index in [1.165, 1.54) is 4.90 Å². The summed E-state index contributed by atoms with van der Waals surface area (Å²) in [6.45, 7) is 4.38. The molecule has 0 bridgehead atoms. The average Bonchev–Trinajstić information content (AvgIpc) is 2.69. The third kappa shape index (κ3) is 6.53. The summed E-state index contributed by atoms with van der Waals surface area (Å²) in [5.74, 6) is -0.0595. The lowest BCUT2D eigenvalue weighted by atomic mass is 10.1.